The molecule has 7 nitrogen and oxygen atoms in total. The molecule has 1 aromatic carbocycles. The summed E-state index contributed by atoms with van der Waals surface area (Å²) in [5.41, 5.74) is 0.705. The van der Waals surface area contributed by atoms with Crippen LogP contribution in [0.1, 0.15) is 50.0 Å². The molecule has 2 aromatic heterocycles. The second-order valence-electron chi connectivity index (χ2n) is 8.08. The molecule has 0 radical (unpaired) electrons. The van der Waals surface area contributed by atoms with Crippen molar-refractivity contribution in [3.05, 3.63) is 63.7 Å². The zero-order valence-electron chi connectivity index (χ0n) is 18.9. The van der Waals surface area contributed by atoms with E-state index in [1.54, 1.807) is 30.3 Å². The summed E-state index contributed by atoms with van der Waals surface area (Å²) in [5.74, 6) is -1.24. The predicted octanol–water partition coefficient (Wildman–Crippen LogP) is 5.25. The number of piperidine rings is 1. The van der Waals surface area contributed by atoms with Gasteiger partial charge in [-0.1, -0.05) is 18.6 Å². The Balaban J connectivity index is 1.48. The fourth-order valence-corrected chi connectivity index (χ4v) is 4.84. The summed E-state index contributed by atoms with van der Waals surface area (Å²) in [6.07, 6.45) is -0.136. The summed E-state index contributed by atoms with van der Waals surface area (Å²) in [7, 11) is 1.30. The molecule has 1 aliphatic rings. The Bertz CT molecular complexity index is 1190. The van der Waals surface area contributed by atoms with E-state index in [2.05, 4.69) is 24.9 Å². The molecular formula is C24H23F3N4O3S. The Hall–Kier alpha value is -3.31. The Morgan fingerprint density at radius 3 is 2.34 bits per heavy atom. The topological polar surface area (TPSA) is 84.4 Å². The summed E-state index contributed by atoms with van der Waals surface area (Å²) in [6.45, 7) is 1.91. The lowest BCUT2D eigenvalue weighted by atomic mass is 10.1. The minimum Gasteiger partial charge on any atom is -0.465 e. The van der Waals surface area contributed by atoms with Gasteiger partial charge in [0.1, 0.15) is 15.7 Å². The van der Waals surface area contributed by atoms with Gasteiger partial charge in [-0.25, -0.2) is 14.8 Å². The molecule has 3 aromatic rings. The van der Waals surface area contributed by atoms with E-state index >= 15 is 0 Å². The number of benzene rings is 1. The van der Waals surface area contributed by atoms with Gasteiger partial charge in [0.05, 0.1) is 19.2 Å². The van der Waals surface area contributed by atoms with Crippen LogP contribution in [0.3, 0.4) is 0 Å². The molecule has 0 spiro atoms. The number of pyridine rings is 1. The molecule has 35 heavy (non-hydrogen) atoms. The maximum absolute atomic E-state index is 13.6. The van der Waals surface area contributed by atoms with Gasteiger partial charge in [0, 0.05) is 11.8 Å². The lowest BCUT2D eigenvalue weighted by Crippen LogP contribution is -2.29. The highest BCUT2D eigenvalue weighted by molar-refractivity contribution is 7.14. The summed E-state index contributed by atoms with van der Waals surface area (Å²) < 4.78 is 45.4. The number of esters is 1. The van der Waals surface area contributed by atoms with Gasteiger partial charge in [-0.15, -0.1) is 11.3 Å². The molecule has 1 fully saturated rings. The maximum atomic E-state index is 13.6. The number of thiazole rings is 1. The zero-order valence-corrected chi connectivity index (χ0v) is 19.7. The second-order valence-corrected chi connectivity index (χ2v) is 9.16. The molecule has 0 saturated carbocycles. The van der Waals surface area contributed by atoms with Gasteiger partial charge < -0.3 is 10.1 Å². The summed E-state index contributed by atoms with van der Waals surface area (Å²) in [5, 5.41) is 2.71. The zero-order chi connectivity index (χ0) is 25.0. The number of hydrogen-bond donors (Lipinski definition) is 1. The van der Waals surface area contributed by atoms with E-state index < -0.39 is 28.6 Å². The Morgan fingerprint density at radius 2 is 1.74 bits per heavy atom. The number of aromatic nitrogens is 2. The number of nitrogens with one attached hydrogen (secondary N) is 1. The molecule has 1 aliphatic heterocycles. The van der Waals surface area contributed by atoms with Gasteiger partial charge in [-0.2, -0.15) is 13.2 Å². The van der Waals surface area contributed by atoms with Crippen LogP contribution < -0.4 is 5.32 Å². The number of alkyl halides is 3. The first-order valence-electron chi connectivity index (χ1n) is 11.0. The third-order valence-corrected chi connectivity index (χ3v) is 6.64. The number of carbonyl (C=O) groups excluding carboxylic acids is 2. The molecule has 1 amide bonds. The molecule has 0 bridgehead atoms. The average molecular weight is 505 g/mol. The molecule has 3 heterocycles. The van der Waals surface area contributed by atoms with Crippen LogP contribution in [-0.4, -0.2) is 46.9 Å². The first-order valence-corrected chi connectivity index (χ1v) is 11.8. The molecule has 0 aliphatic carbocycles. The number of carbonyl (C=O) groups is 2. The van der Waals surface area contributed by atoms with Gasteiger partial charge in [-0.3, -0.25) is 9.69 Å². The molecule has 1 N–H and O–H groups in total. The minimum absolute atomic E-state index is 0.115. The van der Waals surface area contributed by atoms with E-state index in [0.717, 1.165) is 49.3 Å². The number of likely N-dealkylation sites (tertiary alicyclic amines) is 1. The molecular weight excluding hydrogens is 481 g/mol. The van der Waals surface area contributed by atoms with Crippen molar-refractivity contribution in [2.24, 2.45) is 0 Å². The lowest BCUT2D eigenvalue weighted by molar-refractivity contribution is -0.141. The number of halogens is 3. The van der Waals surface area contributed by atoms with Crippen molar-refractivity contribution in [3.8, 4) is 11.1 Å². The summed E-state index contributed by atoms with van der Waals surface area (Å²) >= 11 is 0.762. The highest BCUT2D eigenvalue weighted by Crippen LogP contribution is 2.35. The van der Waals surface area contributed by atoms with E-state index in [9.17, 15) is 22.8 Å². The van der Waals surface area contributed by atoms with Crippen LogP contribution in [0.25, 0.3) is 11.1 Å². The van der Waals surface area contributed by atoms with Crippen LogP contribution in [0.5, 0.6) is 0 Å². The number of amides is 1. The van der Waals surface area contributed by atoms with Gasteiger partial charge in [0.25, 0.3) is 5.91 Å². The monoisotopic (exact) mass is 504 g/mol. The SMILES string of the molecule is COC(=O)c1ccc(-c2ccc(NC(=O)c3sc(CN4CCCCC4)nc3C(F)(F)F)nc2)cc1. The van der Waals surface area contributed by atoms with E-state index in [1.165, 1.54) is 19.4 Å². The molecule has 11 heteroatoms. The van der Waals surface area contributed by atoms with Gasteiger partial charge in [0.2, 0.25) is 0 Å². The van der Waals surface area contributed by atoms with Crippen molar-refractivity contribution >= 4 is 29.0 Å². The van der Waals surface area contributed by atoms with Crippen molar-refractivity contribution in [1.82, 2.24) is 14.9 Å². The number of ether oxygens (including phenoxy) is 1. The number of methoxy groups -OCH3 is 1. The fourth-order valence-electron chi connectivity index (χ4n) is 3.82. The predicted molar refractivity (Wildman–Crippen MR) is 125 cm³/mol. The quantitative estimate of drug-likeness (QED) is 0.462. The molecule has 184 valence electrons. The maximum Gasteiger partial charge on any atom is 0.435 e. The Morgan fingerprint density at radius 1 is 1.06 bits per heavy atom. The first-order chi connectivity index (χ1) is 16.7. The largest absolute Gasteiger partial charge is 0.465 e. The second kappa shape index (κ2) is 10.5. The standard InChI is InChI=1S/C24H23F3N4O3S/c1-34-23(33)16-7-5-15(6-8-16)17-9-10-18(28-13-17)29-22(32)20-21(24(25,26)27)30-19(35-20)14-31-11-3-2-4-12-31/h5-10,13H,2-4,11-12,14H2,1H3,(H,28,29,32). The van der Waals surface area contributed by atoms with Crippen molar-refractivity contribution < 1.29 is 27.5 Å². The smallest absolute Gasteiger partial charge is 0.435 e. The van der Waals surface area contributed by atoms with Gasteiger partial charge >= 0.3 is 12.1 Å². The Labute approximate surface area is 204 Å². The first kappa shape index (κ1) is 24.8. The summed E-state index contributed by atoms with van der Waals surface area (Å²) in [6, 6.07) is 9.84. The Kier molecular flexibility index (Phi) is 7.46. The summed E-state index contributed by atoms with van der Waals surface area (Å²) in [4.78, 5) is 33.8. The minimum atomic E-state index is -4.74. The molecule has 0 unspecified atom stereocenters. The van der Waals surface area contributed by atoms with Crippen LogP contribution in [0, 0.1) is 0 Å². The lowest BCUT2D eigenvalue weighted by Gasteiger charge is -2.25. The molecule has 4 rings (SSSR count). The number of nitrogens with zero attached hydrogens (tertiary/aromatic N) is 3. The average Bonchev–Trinajstić information content (AvgIpc) is 3.29. The van der Waals surface area contributed by atoms with Crippen LogP contribution in [0.2, 0.25) is 0 Å². The van der Waals surface area contributed by atoms with E-state index in [-0.39, 0.29) is 10.8 Å². The molecule has 1 saturated heterocycles. The van der Waals surface area contributed by atoms with Crippen molar-refractivity contribution in [1.29, 1.82) is 0 Å². The van der Waals surface area contributed by atoms with Crippen molar-refractivity contribution in [2.75, 3.05) is 25.5 Å². The van der Waals surface area contributed by atoms with Crippen molar-refractivity contribution in [3.63, 3.8) is 0 Å². The van der Waals surface area contributed by atoms with Crippen LogP contribution in [0.15, 0.2) is 42.6 Å². The third kappa shape index (κ3) is 6.04. The van der Waals surface area contributed by atoms with E-state index in [4.69, 9.17) is 0 Å². The van der Waals surface area contributed by atoms with E-state index in [0.29, 0.717) is 17.7 Å². The van der Waals surface area contributed by atoms with E-state index in [1.807, 2.05) is 0 Å². The third-order valence-electron chi connectivity index (χ3n) is 5.60. The molecule has 0 atom stereocenters. The number of hydrogen-bond acceptors (Lipinski definition) is 7. The normalized spacial score (nSPS) is 14.5. The highest BCUT2D eigenvalue weighted by atomic mass is 32.1. The number of anilines is 1. The van der Waals surface area contributed by atoms with Crippen LogP contribution in [0.4, 0.5) is 19.0 Å². The highest BCUT2D eigenvalue weighted by Gasteiger charge is 2.39. The van der Waals surface area contributed by atoms with Gasteiger partial charge in [0.15, 0.2) is 5.69 Å². The van der Waals surface area contributed by atoms with Gasteiger partial charge in [-0.05, 0) is 55.8 Å². The fraction of sp³-hybridized carbons (Fsp3) is 0.333. The van der Waals surface area contributed by atoms with Crippen LogP contribution >= 0.6 is 11.3 Å². The number of rotatable bonds is 6. The van der Waals surface area contributed by atoms with Crippen LogP contribution in [-0.2, 0) is 17.5 Å². The van der Waals surface area contributed by atoms with Crippen molar-refractivity contribution in [2.45, 2.75) is 32.0 Å².